The van der Waals surface area contributed by atoms with Crippen LogP contribution in [0.2, 0.25) is 0 Å². The molecule has 1 N–H and O–H groups in total. The maximum absolute atomic E-state index is 12.7. The molecule has 5 heteroatoms. The van der Waals surface area contributed by atoms with Crippen molar-refractivity contribution >= 4 is 11.8 Å². The molecule has 4 rings (SSSR count). The average molecular weight is 298 g/mol. The number of amides is 2. The summed E-state index contributed by atoms with van der Waals surface area (Å²) in [5.41, 5.74) is 1.49. The number of carbonyl (C=O) groups excluding carboxylic acids is 2. The Morgan fingerprint density at radius 3 is 2.68 bits per heavy atom. The van der Waals surface area contributed by atoms with Gasteiger partial charge in [-0.15, -0.1) is 0 Å². The Morgan fingerprint density at radius 2 is 2.09 bits per heavy atom. The van der Waals surface area contributed by atoms with Gasteiger partial charge in [0.2, 0.25) is 11.8 Å². The molecule has 2 saturated heterocycles. The summed E-state index contributed by atoms with van der Waals surface area (Å²) < 4.78 is 5.85. The second-order valence-electron chi connectivity index (χ2n) is 6.29. The summed E-state index contributed by atoms with van der Waals surface area (Å²) in [6.07, 6.45) is 3.97. The lowest BCUT2D eigenvalue weighted by atomic mass is 9.85. The molecular weight excluding hydrogens is 280 g/mol. The van der Waals surface area contributed by atoms with Crippen molar-refractivity contribution in [3.8, 4) is 0 Å². The molecular formula is C17H18N2O3. The van der Waals surface area contributed by atoms with Crippen molar-refractivity contribution in [2.45, 2.75) is 31.7 Å². The van der Waals surface area contributed by atoms with Gasteiger partial charge >= 0.3 is 0 Å². The van der Waals surface area contributed by atoms with Crippen molar-refractivity contribution in [1.29, 1.82) is 0 Å². The Kier molecular flexibility index (Phi) is 2.96. The number of rotatable bonds is 3. The van der Waals surface area contributed by atoms with Crippen LogP contribution in [-0.2, 0) is 20.9 Å². The quantitative estimate of drug-likeness (QED) is 0.671. The minimum Gasteiger partial charge on any atom is -0.347 e. The molecule has 0 aromatic heterocycles. The van der Waals surface area contributed by atoms with Crippen LogP contribution in [0.25, 0.3) is 0 Å². The first-order valence-corrected chi connectivity index (χ1v) is 7.58. The third-order valence-corrected chi connectivity index (χ3v) is 4.77. The number of carbonyl (C=O) groups is 2. The predicted octanol–water partition coefficient (Wildman–Crippen LogP) is 1.12. The molecule has 2 bridgehead atoms. The van der Waals surface area contributed by atoms with Gasteiger partial charge in [0.05, 0.1) is 12.5 Å². The summed E-state index contributed by atoms with van der Waals surface area (Å²) in [7, 11) is 0. The molecule has 0 spiro atoms. The second-order valence-corrected chi connectivity index (χ2v) is 6.29. The molecule has 22 heavy (non-hydrogen) atoms. The van der Waals surface area contributed by atoms with Crippen LogP contribution in [0.5, 0.6) is 0 Å². The van der Waals surface area contributed by atoms with Crippen molar-refractivity contribution in [2.24, 2.45) is 5.92 Å². The maximum atomic E-state index is 12.7. The van der Waals surface area contributed by atoms with Gasteiger partial charge in [-0.1, -0.05) is 35.9 Å². The average Bonchev–Trinajstić information content (AvgIpc) is 3.19. The smallest absolute Gasteiger partial charge is 0.236 e. The molecule has 3 atom stereocenters. The Morgan fingerprint density at radius 1 is 1.32 bits per heavy atom. The number of ether oxygens (including phenoxy) is 1. The maximum Gasteiger partial charge on any atom is 0.236 e. The highest BCUT2D eigenvalue weighted by Gasteiger charge is 2.55. The van der Waals surface area contributed by atoms with Gasteiger partial charge in [0.1, 0.15) is 11.8 Å². The number of fused-ring (bicyclic) bond motifs is 2. The van der Waals surface area contributed by atoms with Gasteiger partial charge in [-0.25, -0.2) is 0 Å². The molecule has 0 aliphatic carbocycles. The zero-order valence-corrected chi connectivity index (χ0v) is 12.4. The van der Waals surface area contributed by atoms with Crippen molar-refractivity contribution in [2.75, 3.05) is 6.54 Å². The lowest BCUT2D eigenvalue weighted by molar-refractivity contribution is -0.142. The van der Waals surface area contributed by atoms with Crippen LogP contribution in [0, 0.1) is 12.8 Å². The molecule has 3 aliphatic rings. The van der Waals surface area contributed by atoms with E-state index < -0.39 is 11.5 Å². The van der Waals surface area contributed by atoms with Gasteiger partial charge < -0.3 is 4.74 Å². The van der Waals surface area contributed by atoms with Crippen LogP contribution < -0.4 is 5.32 Å². The fraction of sp³-hybridized carbons (Fsp3) is 0.412. The summed E-state index contributed by atoms with van der Waals surface area (Å²) >= 11 is 0. The minimum absolute atomic E-state index is 0.114. The SMILES string of the molecule is Cc1ccc(CN2C(=O)CC([C@]34C=C[C@H](NC3)O4)C2=O)cc1. The Balaban J connectivity index is 1.55. The number of likely N-dealkylation sites (tertiary alicyclic amines) is 1. The standard InChI is InChI=1S/C17H18N2O3/c1-11-2-4-12(5-3-11)9-19-15(20)8-13(16(19)21)17-7-6-14(22-17)18-10-17/h2-7,13-14,18H,8-10H2,1H3/t13?,14-,17+/m1/s1. The van der Waals surface area contributed by atoms with Gasteiger partial charge in [0, 0.05) is 13.0 Å². The number of nitrogens with zero attached hydrogens (tertiary/aromatic N) is 1. The summed E-state index contributed by atoms with van der Waals surface area (Å²) in [5.74, 6) is -0.654. The van der Waals surface area contributed by atoms with Crippen molar-refractivity contribution < 1.29 is 14.3 Å². The molecule has 114 valence electrons. The van der Waals surface area contributed by atoms with Crippen molar-refractivity contribution in [3.05, 3.63) is 47.5 Å². The Labute approximate surface area is 128 Å². The fourth-order valence-corrected chi connectivity index (χ4v) is 3.46. The van der Waals surface area contributed by atoms with Gasteiger partial charge in [0.25, 0.3) is 0 Å². The number of aryl methyl sites for hydroxylation is 1. The number of imide groups is 1. The highest BCUT2D eigenvalue weighted by atomic mass is 16.5. The number of hydrogen-bond donors (Lipinski definition) is 1. The highest BCUT2D eigenvalue weighted by Crippen LogP contribution is 2.40. The summed E-state index contributed by atoms with van der Waals surface area (Å²) in [6, 6.07) is 7.90. The van der Waals surface area contributed by atoms with E-state index in [-0.39, 0.29) is 24.5 Å². The largest absolute Gasteiger partial charge is 0.347 e. The van der Waals surface area contributed by atoms with E-state index in [0.29, 0.717) is 13.1 Å². The molecule has 5 nitrogen and oxygen atoms in total. The zero-order valence-electron chi connectivity index (χ0n) is 12.4. The first-order valence-electron chi connectivity index (χ1n) is 7.58. The van der Waals surface area contributed by atoms with Crippen LogP contribution in [0.3, 0.4) is 0 Å². The van der Waals surface area contributed by atoms with E-state index in [1.807, 2.05) is 43.3 Å². The summed E-state index contributed by atoms with van der Waals surface area (Å²) in [5, 5.41) is 3.19. The van der Waals surface area contributed by atoms with Crippen LogP contribution in [0.4, 0.5) is 0 Å². The van der Waals surface area contributed by atoms with E-state index in [9.17, 15) is 9.59 Å². The topological polar surface area (TPSA) is 58.6 Å². The molecule has 2 fully saturated rings. The van der Waals surface area contributed by atoms with Gasteiger partial charge in [-0.2, -0.15) is 0 Å². The molecule has 3 heterocycles. The highest BCUT2D eigenvalue weighted by molar-refractivity contribution is 6.04. The zero-order chi connectivity index (χ0) is 15.3. The van der Waals surface area contributed by atoms with Crippen LogP contribution in [0.15, 0.2) is 36.4 Å². The molecule has 0 radical (unpaired) electrons. The normalized spacial score (nSPS) is 33.2. The van der Waals surface area contributed by atoms with E-state index in [4.69, 9.17) is 4.74 Å². The third kappa shape index (κ3) is 2.01. The lowest BCUT2D eigenvalue weighted by Crippen LogP contribution is -2.44. The first kappa shape index (κ1) is 13.7. The van der Waals surface area contributed by atoms with Gasteiger partial charge in [-0.3, -0.25) is 19.8 Å². The molecule has 1 aromatic rings. The summed E-state index contributed by atoms with van der Waals surface area (Å²) in [6.45, 7) is 2.94. The van der Waals surface area contributed by atoms with Crippen LogP contribution >= 0.6 is 0 Å². The van der Waals surface area contributed by atoms with E-state index in [2.05, 4.69) is 5.32 Å². The number of nitrogens with one attached hydrogen (secondary N) is 1. The molecule has 0 saturated carbocycles. The molecule has 1 unspecified atom stereocenters. The van der Waals surface area contributed by atoms with Gasteiger partial charge in [-0.05, 0) is 18.6 Å². The summed E-state index contributed by atoms with van der Waals surface area (Å²) in [4.78, 5) is 26.4. The Bertz CT molecular complexity index is 667. The van der Waals surface area contributed by atoms with Crippen LogP contribution in [0.1, 0.15) is 17.5 Å². The molecule has 2 amide bonds. The van der Waals surface area contributed by atoms with Crippen LogP contribution in [-0.4, -0.2) is 35.1 Å². The molecule has 1 aromatic carbocycles. The van der Waals surface area contributed by atoms with E-state index in [0.717, 1.165) is 11.1 Å². The van der Waals surface area contributed by atoms with E-state index in [1.165, 1.54) is 4.90 Å². The predicted molar refractivity (Wildman–Crippen MR) is 79.6 cm³/mol. The molecule has 3 aliphatic heterocycles. The van der Waals surface area contributed by atoms with E-state index in [1.54, 1.807) is 0 Å². The third-order valence-electron chi connectivity index (χ3n) is 4.77. The Hall–Kier alpha value is -1.98. The van der Waals surface area contributed by atoms with Crippen molar-refractivity contribution in [1.82, 2.24) is 10.2 Å². The first-order chi connectivity index (χ1) is 10.6. The number of benzene rings is 1. The van der Waals surface area contributed by atoms with E-state index >= 15 is 0 Å². The van der Waals surface area contributed by atoms with Crippen molar-refractivity contribution in [3.63, 3.8) is 0 Å². The fourth-order valence-electron chi connectivity index (χ4n) is 3.46. The van der Waals surface area contributed by atoms with Gasteiger partial charge in [0.15, 0.2) is 0 Å². The second kappa shape index (κ2) is 4.76. The monoisotopic (exact) mass is 298 g/mol. The minimum atomic E-state index is -0.639. The number of hydrogen-bond acceptors (Lipinski definition) is 4. The lowest BCUT2D eigenvalue weighted by Gasteiger charge is -2.27.